The first-order valence-corrected chi connectivity index (χ1v) is 16.3. The second-order valence-corrected chi connectivity index (χ2v) is 14.0. The van der Waals surface area contributed by atoms with Crippen LogP contribution in [0.3, 0.4) is 0 Å². The van der Waals surface area contributed by atoms with E-state index in [0.717, 1.165) is 11.1 Å². The number of benzene rings is 2. The second-order valence-electron chi connectivity index (χ2n) is 14.0. The molecule has 2 aromatic carbocycles. The van der Waals surface area contributed by atoms with Crippen molar-refractivity contribution in [2.24, 2.45) is 0 Å². The van der Waals surface area contributed by atoms with Crippen molar-refractivity contribution >= 4 is 11.4 Å². The van der Waals surface area contributed by atoms with Crippen LogP contribution in [0.2, 0.25) is 0 Å². The highest BCUT2D eigenvalue weighted by Gasteiger charge is 2.27. The third-order valence-corrected chi connectivity index (χ3v) is 8.20. The number of ether oxygens (including phenoxy) is 4. The Labute approximate surface area is 282 Å². The van der Waals surface area contributed by atoms with Crippen molar-refractivity contribution in [2.75, 3.05) is 79.0 Å². The lowest BCUT2D eigenvalue weighted by molar-refractivity contribution is -0.386. The zero-order chi connectivity index (χ0) is 35.5. The number of nitro groups is 2. The maximum absolute atomic E-state index is 11.7. The van der Waals surface area contributed by atoms with E-state index < -0.39 is 9.85 Å². The monoisotopic (exact) mass is 676 g/mol. The van der Waals surface area contributed by atoms with Gasteiger partial charge >= 0.3 is 11.4 Å². The van der Waals surface area contributed by atoms with Gasteiger partial charge in [0, 0.05) is 62.5 Å². The van der Waals surface area contributed by atoms with Crippen LogP contribution in [0.15, 0.2) is 24.3 Å². The maximum Gasteiger partial charge on any atom is 0.311 e. The van der Waals surface area contributed by atoms with Gasteiger partial charge in [0.05, 0.1) is 62.7 Å². The Balaban J connectivity index is 1.64. The van der Waals surface area contributed by atoms with Crippen molar-refractivity contribution in [3.63, 3.8) is 0 Å². The molecule has 48 heavy (non-hydrogen) atoms. The summed E-state index contributed by atoms with van der Waals surface area (Å²) in [6.45, 7) is 17.3. The molecule has 0 aromatic heterocycles. The van der Waals surface area contributed by atoms with Gasteiger partial charge in [0.1, 0.15) is 0 Å². The molecule has 2 N–H and O–H groups in total. The molecule has 0 unspecified atom stereocenters. The van der Waals surface area contributed by atoms with Crippen molar-refractivity contribution in [1.29, 1.82) is 0 Å². The molecule has 14 heteroatoms. The Morgan fingerprint density at radius 2 is 0.875 bits per heavy atom. The quantitative estimate of drug-likeness (QED) is 0.314. The minimum absolute atomic E-state index is 0.281. The summed E-state index contributed by atoms with van der Waals surface area (Å²) in [4.78, 5) is 26.3. The topological polar surface area (TPSA) is 170 Å². The van der Waals surface area contributed by atoms with Gasteiger partial charge in [-0.25, -0.2) is 0 Å². The van der Waals surface area contributed by atoms with E-state index in [1.54, 1.807) is 0 Å². The standard InChI is InChI=1S/C34H52N4O10/c1-33(2,3)27-19-25(31(39)29(21-27)37(41)42)23-35-7-11-45-15-17-47-13-9-36(10-14-48-18-16-46-12-8-35)24-26-20-28(34(4,5)6)22-30(32(26)40)38(43)44/h19-22,39-40H,7-18,23-24H2,1-6H3. The third kappa shape index (κ3) is 11.9. The van der Waals surface area contributed by atoms with Crippen LogP contribution in [0, 0.1) is 20.2 Å². The van der Waals surface area contributed by atoms with Gasteiger partial charge in [0.25, 0.3) is 0 Å². The highest BCUT2D eigenvalue weighted by molar-refractivity contribution is 5.55. The average Bonchev–Trinajstić information content (AvgIpc) is 2.99. The smallest absolute Gasteiger partial charge is 0.311 e. The molecule has 0 saturated carbocycles. The van der Waals surface area contributed by atoms with Crippen molar-refractivity contribution in [1.82, 2.24) is 9.80 Å². The molecule has 1 fully saturated rings. The number of phenolic OH excluding ortho intramolecular Hbond substituents is 2. The Hall–Kier alpha value is -3.40. The minimum atomic E-state index is -0.556. The fourth-order valence-electron chi connectivity index (χ4n) is 5.18. The van der Waals surface area contributed by atoms with Gasteiger partial charge in [-0.15, -0.1) is 0 Å². The van der Waals surface area contributed by atoms with Crippen LogP contribution in [0.25, 0.3) is 0 Å². The highest BCUT2D eigenvalue weighted by atomic mass is 16.6. The third-order valence-electron chi connectivity index (χ3n) is 8.20. The van der Waals surface area contributed by atoms with Crippen molar-refractivity contribution < 1.29 is 39.0 Å². The molecule has 0 aliphatic carbocycles. The van der Waals surface area contributed by atoms with Gasteiger partial charge in [-0.05, 0) is 34.1 Å². The lowest BCUT2D eigenvalue weighted by Crippen LogP contribution is -2.33. The largest absolute Gasteiger partial charge is 0.502 e. The second kappa shape index (κ2) is 17.8. The van der Waals surface area contributed by atoms with Crippen molar-refractivity contribution in [3.05, 3.63) is 66.7 Å². The number of phenols is 2. The van der Waals surface area contributed by atoms with Crippen LogP contribution in [-0.2, 0) is 42.9 Å². The zero-order valence-electron chi connectivity index (χ0n) is 29.2. The number of nitrogens with zero attached hydrogens (tertiary/aromatic N) is 4. The molecule has 1 aliphatic heterocycles. The lowest BCUT2D eigenvalue weighted by Gasteiger charge is -2.26. The molecule has 0 amide bonds. The molecule has 0 atom stereocenters. The molecule has 1 aliphatic rings. The maximum atomic E-state index is 11.7. The van der Waals surface area contributed by atoms with Crippen LogP contribution >= 0.6 is 0 Å². The van der Waals surface area contributed by atoms with Gasteiger partial charge < -0.3 is 29.2 Å². The summed E-state index contributed by atoms with van der Waals surface area (Å²) < 4.78 is 23.3. The first-order valence-electron chi connectivity index (χ1n) is 16.3. The van der Waals surface area contributed by atoms with Crippen molar-refractivity contribution in [2.45, 2.75) is 65.5 Å². The summed E-state index contributed by atoms with van der Waals surface area (Å²) in [5.41, 5.74) is 1.17. The summed E-state index contributed by atoms with van der Waals surface area (Å²) in [5.74, 6) is -0.666. The molecule has 268 valence electrons. The van der Waals surface area contributed by atoms with E-state index in [9.17, 15) is 30.4 Å². The molecule has 0 radical (unpaired) electrons. The molecule has 0 bridgehead atoms. The molecular weight excluding hydrogens is 624 g/mol. The van der Waals surface area contributed by atoms with E-state index in [2.05, 4.69) is 0 Å². The number of nitro benzene ring substituents is 2. The predicted octanol–water partition coefficient (Wildman–Crippen LogP) is 4.89. The normalized spacial score (nSPS) is 17.8. The van der Waals surface area contributed by atoms with Crippen molar-refractivity contribution in [3.8, 4) is 11.5 Å². The Morgan fingerprint density at radius 3 is 1.12 bits per heavy atom. The molecule has 1 heterocycles. The van der Waals surface area contributed by atoms with Gasteiger partial charge in [-0.1, -0.05) is 41.5 Å². The van der Waals surface area contributed by atoms with Crippen LogP contribution < -0.4 is 0 Å². The van der Waals surface area contributed by atoms with Crippen LogP contribution in [0.1, 0.15) is 63.8 Å². The summed E-state index contributed by atoms with van der Waals surface area (Å²) in [7, 11) is 0. The first-order chi connectivity index (χ1) is 22.6. The number of rotatable bonds is 6. The van der Waals surface area contributed by atoms with Crippen LogP contribution in [-0.4, -0.2) is 109 Å². The zero-order valence-corrected chi connectivity index (χ0v) is 29.2. The SMILES string of the molecule is CC(C)(C)c1cc(CN2CCOCCOCCN(Cc3cc(C(C)(C)C)cc([N+](=O)[O-])c3O)CCOCCOCC2)c(O)c([N+](=O)[O-])c1. The predicted molar refractivity (Wildman–Crippen MR) is 181 cm³/mol. The Bertz CT molecular complexity index is 1250. The molecule has 3 rings (SSSR count). The minimum Gasteiger partial charge on any atom is -0.502 e. The van der Waals surface area contributed by atoms with E-state index in [-0.39, 0.29) is 46.8 Å². The molecule has 2 aromatic rings. The fourth-order valence-corrected chi connectivity index (χ4v) is 5.18. The summed E-state index contributed by atoms with van der Waals surface area (Å²) >= 11 is 0. The van der Waals surface area contributed by atoms with E-state index in [1.165, 1.54) is 12.1 Å². The van der Waals surface area contributed by atoms with Gasteiger partial charge in [-0.3, -0.25) is 30.0 Å². The molecule has 14 nitrogen and oxygen atoms in total. The summed E-state index contributed by atoms with van der Waals surface area (Å²) in [6.07, 6.45) is 0. The van der Waals surface area contributed by atoms with Crippen LogP contribution in [0.5, 0.6) is 11.5 Å². The number of hydrogen-bond acceptors (Lipinski definition) is 12. The highest BCUT2D eigenvalue weighted by Crippen LogP contribution is 2.37. The van der Waals surface area contributed by atoms with Gasteiger partial charge in [-0.2, -0.15) is 0 Å². The van der Waals surface area contributed by atoms with E-state index >= 15 is 0 Å². The molecule has 1 saturated heterocycles. The molecular formula is C34H52N4O10. The summed E-state index contributed by atoms with van der Waals surface area (Å²) in [5, 5.41) is 44.9. The van der Waals surface area contributed by atoms with Gasteiger partial charge in [0.15, 0.2) is 11.5 Å². The number of aromatic hydroxyl groups is 2. The molecule has 0 spiro atoms. The number of hydrogen-bond donors (Lipinski definition) is 2. The Kier molecular flexibility index (Phi) is 14.5. The average molecular weight is 677 g/mol. The Morgan fingerprint density at radius 1 is 0.583 bits per heavy atom. The summed E-state index contributed by atoms with van der Waals surface area (Å²) in [6, 6.07) is 6.52. The van der Waals surface area contributed by atoms with Gasteiger partial charge in [0.2, 0.25) is 0 Å². The lowest BCUT2D eigenvalue weighted by atomic mass is 9.85. The van der Waals surface area contributed by atoms with E-state index in [4.69, 9.17) is 18.9 Å². The van der Waals surface area contributed by atoms with E-state index in [0.29, 0.717) is 90.2 Å². The fraction of sp³-hybridized carbons (Fsp3) is 0.647. The first kappa shape index (κ1) is 39.0. The van der Waals surface area contributed by atoms with Crippen LogP contribution in [0.4, 0.5) is 11.4 Å². The van der Waals surface area contributed by atoms with E-state index in [1.807, 2.05) is 63.5 Å².